The molecule has 0 spiro atoms. The maximum absolute atomic E-state index is 13.8. The highest BCUT2D eigenvalue weighted by Gasteiger charge is 2.11. The van der Waals surface area contributed by atoms with Crippen molar-refractivity contribution in [3.8, 4) is 17.1 Å². The van der Waals surface area contributed by atoms with E-state index in [-0.39, 0.29) is 13.2 Å². The van der Waals surface area contributed by atoms with E-state index < -0.39 is 11.7 Å². The highest BCUT2D eigenvalue weighted by Crippen LogP contribution is 2.24. The van der Waals surface area contributed by atoms with Gasteiger partial charge in [-0.1, -0.05) is 41.4 Å². The molecular formula is C23H17Cl2FN6O2. The summed E-state index contributed by atoms with van der Waals surface area (Å²) in [6.07, 6.45) is 1.47. The first kappa shape index (κ1) is 23.3. The van der Waals surface area contributed by atoms with Crippen LogP contribution in [-0.2, 0) is 17.9 Å². The summed E-state index contributed by atoms with van der Waals surface area (Å²) in [5.41, 5.74) is 4.03. The van der Waals surface area contributed by atoms with Crippen LogP contribution in [-0.4, -0.2) is 32.3 Å². The SMILES string of the molecule is O=C(Cn1nnc(-c2ccccc2Cl)n1)NN=Cc1ccc(OCc2c(F)cccc2Cl)cc1. The molecule has 8 nitrogen and oxygen atoms in total. The monoisotopic (exact) mass is 498 g/mol. The molecular weight excluding hydrogens is 482 g/mol. The average molecular weight is 499 g/mol. The molecule has 34 heavy (non-hydrogen) atoms. The number of hydrogen-bond acceptors (Lipinski definition) is 6. The number of tetrazole rings is 1. The minimum atomic E-state index is -0.430. The van der Waals surface area contributed by atoms with Crippen LogP contribution in [0.4, 0.5) is 4.39 Å². The molecule has 0 saturated heterocycles. The van der Waals surface area contributed by atoms with Crippen LogP contribution >= 0.6 is 23.2 Å². The van der Waals surface area contributed by atoms with Gasteiger partial charge in [-0.15, -0.1) is 10.2 Å². The Kier molecular flexibility index (Phi) is 7.46. The van der Waals surface area contributed by atoms with E-state index in [4.69, 9.17) is 27.9 Å². The van der Waals surface area contributed by atoms with Crippen molar-refractivity contribution >= 4 is 35.3 Å². The van der Waals surface area contributed by atoms with E-state index in [0.29, 0.717) is 32.7 Å². The van der Waals surface area contributed by atoms with Crippen LogP contribution in [0.5, 0.6) is 5.75 Å². The van der Waals surface area contributed by atoms with Gasteiger partial charge in [0.15, 0.2) is 0 Å². The number of nitrogens with zero attached hydrogens (tertiary/aromatic N) is 5. The molecule has 1 N–H and O–H groups in total. The van der Waals surface area contributed by atoms with Gasteiger partial charge in [-0.25, -0.2) is 9.82 Å². The van der Waals surface area contributed by atoms with Gasteiger partial charge in [0, 0.05) is 11.1 Å². The number of hydrogen-bond donors (Lipinski definition) is 1. The van der Waals surface area contributed by atoms with Crippen molar-refractivity contribution in [1.82, 2.24) is 25.6 Å². The molecule has 4 rings (SSSR count). The fraction of sp³-hybridized carbons (Fsp3) is 0.0870. The van der Waals surface area contributed by atoms with Crippen LogP contribution in [0.3, 0.4) is 0 Å². The summed E-state index contributed by atoms with van der Waals surface area (Å²) in [6.45, 7) is -0.163. The van der Waals surface area contributed by atoms with Crippen LogP contribution < -0.4 is 10.2 Å². The molecule has 0 radical (unpaired) electrons. The molecule has 4 aromatic rings. The van der Waals surface area contributed by atoms with Crippen molar-refractivity contribution in [1.29, 1.82) is 0 Å². The number of rotatable bonds is 8. The third-order valence-electron chi connectivity index (χ3n) is 4.58. The summed E-state index contributed by atoms with van der Waals surface area (Å²) in [6, 6.07) is 18.4. The summed E-state index contributed by atoms with van der Waals surface area (Å²) in [4.78, 5) is 13.3. The predicted octanol–water partition coefficient (Wildman–Crippen LogP) is 4.52. The van der Waals surface area contributed by atoms with Gasteiger partial charge in [-0.2, -0.15) is 9.90 Å². The van der Waals surface area contributed by atoms with E-state index in [9.17, 15) is 9.18 Å². The summed E-state index contributed by atoms with van der Waals surface area (Å²) >= 11 is 12.1. The first-order valence-electron chi connectivity index (χ1n) is 10.00. The van der Waals surface area contributed by atoms with Gasteiger partial charge in [0.1, 0.15) is 24.7 Å². The lowest BCUT2D eigenvalue weighted by molar-refractivity contribution is -0.122. The molecule has 1 amide bonds. The van der Waals surface area contributed by atoms with Crippen molar-refractivity contribution in [2.75, 3.05) is 0 Å². The van der Waals surface area contributed by atoms with Crippen molar-refractivity contribution in [3.63, 3.8) is 0 Å². The fourth-order valence-corrected chi connectivity index (χ4v) is 3.32. The Hall–Kier alpha value is -3.82. The summed E-state index contributed by atoms with van der Waals surface area (Å²) in [5, 5.41) is 16.7. The Morgan fingerprint density at radius 2 is 1.82 bits per heavy atom. The Balaban J connectivity index is 1.27. The molecule has 0 aliphatic rings. The lowest BCUT2D eigenvalue weighted by Crippen LogP contribution is -2.24. The second-order valence-electron chi connectivity index (χ2n) is 6.97. The van der Waals surface area contributed by atoms with Gasteiger partial charge in [-0.3, -0.25) is 4.79 Å². The van der Waals surface area contributed by atoms with Crippen LogP contribution in [0.25, 0.3) is 11.4 Å². The van der Waals surface area contributed by atoms with Gasteiger partial charge in [0.25, 0.3) is 5.91 Å². The average Bonchev–Trinajstić information content (AvgIpc) is 3.28. The molecule has 1 aromatic heterocycles. The van der Waals surface area contributed by atoms with Gasteiger partial charge < -0.3 is 4.74 Å². The standard InChI is InChI=1S/C23H17Cl2FN6O2/c24-19-5-2-1-4-17(19)23-29-31-32(30-23)13-22(33)28-27-12-15-8-10-16(11-9-15)34-14-18-20(25)6-3-7-21(18)26/h1-12H,13-14H2,(H,28,33). The number of carbonyl (C=O) groups is 1. The lowest BCUT2D eigenvalue weighted by Gasteiger charge is -2.08. The Morgan fingerprint density at radius 3 is 2.59 bits per heavy atom. The molecule has 1 heterocycles. The van der Waals surface area contributed by atoms with E-state index in [0.717, 1.165) is 10.4 Å². The Bertz CT molecular complexity index is 1310. The number of amides is 1. The predicted molar refractivity (Wildman–Crippen MR) is 126 cm³/mol. The number of aromatic nitrogens is 4. The highest BCUT2D eigenvalue weighted by molar-refractivity contribution is 6.33. The lowest BCUT2D eigenvalue weighted by atomic mass is 10.2. The Labute approximate surface area is 204 Å². The molecule has 0 saturated carbocycles. The zero-order valence-electron chi connectivity index (χ0n) is 17.5. The summed E-state index contributed by atoms with van der Waals surface area (Å²) < 4.78 is 19.4. The van der Waals surface area contributed by atoms with E-state index in [1.165, 1.54) is 18.3 Å². The maximum atomic E-state index is 13.8. The molecule has 0 fully saturated rings. The number of benzene rings is 3. The molecule has 0 bridgehead atoms. The highest BCUT2D eigenvalue weighted by atomic mass is 35.5. The first-order valence-corrected chi connectivity index (χ1v) is 10.8. The number of ether oxygens (including phenoxy) is 1. The quantitative estimate of drug-likeness (QED) is 0.284. The smallest absolute Gasteiger partial charge is 0.263 e. The zero-order chi connectivity index (χ0) is 23.9. The third-order valence-corrected chi connectivity index (χ3v) is 5.26. The second kappa shape index (κ2) is 10.9. The minimum absolute atomic E-state index is 0.00348. The van der Waals surface area contributed by atoms with Crippen molar-refractivity contribution in [2.45, 2.75) is 13.2 Å². The van der Waals surface area contributed by atoms with Crippen LogP contribution in [0.2, 0.25) is 10.0 Å². The van der Waals surface area contributed by atoms with Crippen molar-refractivity contribution in [2.24, 2.45) is 5.10 Å². The van der Waals surface area contributed by atoms with Gasteiger partial charge in [0.05, 0.1) is 16.3 Å². The van der Waals surface area contributed by atoms with E-state index in [1.807, 2.05) is 0 Å². The van der Waals surface area contributed by atoms with Gasteiger partial charge in [-0.05, 0) is 59.3 Å². The minimum Gasteiger partial charge on any atom is -0.489 e. The molecule has 3 aromatic carbocycles. The fourth-order valence-electron chi connectivity index (χ4n) is 2.88. The molecule has 0 aliphatic heterocycles. The third kappa shape index (κ3) is 5.94. The number of hydrazone groups is 1. The van der Waals surface area contributed by atoms with Gasteiger partial charge in [0.2, 0.25) is 5.82 Å². The van der Waals surface area contributed by atoms with Crippen molar-refractivity contribution < 1.29 is 13.9 Å². The summed E-state index contributed by atoms with van der Waals surface area (Å²) in [5.74, 6) is 0.00261. The van der Waals surface area contributed by atoms with Crippen LogP contribution in [0.15, 0.2) is 71.8 Å². The normalized spacial score (nSPS) is 11.0. The largest absolute Gasteiger partial charge is 0.489 e. The van der Waals surface area contributed by atoms with E-state index in [1.54, 1.807) is 54.6 Å². The van der Waals surface area contributed by atoms with E-state index >= 15 is 0 Å². The molecule has 11 heteroatoms. The molecule has 0 atom stereocenters. The number of nitrogens with one attached hydrogen (secondary N) is 1. The topological polar surface area (TPSA) is 94.3 Å². The van der Waals surface area contributed by atoms with Crippen LogP contribution in [0.1, 0.15) is 11.1 Å². The van der Waals surface area contributed by atoms with Gasteiger partial charge >= 0.3 is 0 Å². The molecule has 172 valence electrons. The summed E-state index contributed by atoms with van der Waals surface area (Å²) in [7, 11) is 0. The van der Waals surface area contributed by atoms with E-state index in [2.05, 4.69) is 25.9 Å². The zero-order valence-corrected chi connectivity index (χ0v) is 19.0. The molecule has 0 unspecified atom stereocenters. The number of carbonyl (C=O) groups excluding carboxylic acids is 1. The number of halogens is 3. The second-order valence-corrected chi connectivity index (χ2v) is 7.79. The van der Waals surface area contributed by atoms with Crippen molar-refractivity contribution in [3.05, 3.63) is 93.7 Å². The molecule has 0 aliphatic carbocycles. The van der Waals surface area contributed by atoms with Crippen LogP contribution in [0, 0.1) is 5.82 Å². The maximum Gasteiger partial charge on any atom is 0.263 e. The Morgan fingerprint density at radius 1 is 1.06 bits per heavy atom. The first-order chi connectivity index (χ1) is 16.5.